The fourth-order valence-electron chi connectivity index (χ4n) is 0. The number of sulfone groups is 1. The maximum absolute atomic E-state index is 9.63. The Bertz CT molecular complexity index is 254. The van der Waals surface area contributed by atoms with Crippen LogP contribution >= 0.6 is 0 Å². The van der Waals surface area contributed by atoms with Crippen LogP contribution in [0.25, 0.3) is 0 Å². The van der Waals surface area contributed by atoms with Crippen LogP contribution in [0.15, 0.2) is 4.99 Å². The summed E-state index contributed by atoms with van der Waals surface area (Å²) in [5, 5.41) is 0. The lowest BCUT2D eigenvalue weighted by atomic mass is 10.6. The number of nitrogens with two attached hydrogens (primary N) is 2. The summed E-state index contributed by atoms with van der Waals surface area (Å²) in [7, 11) is -1.13. The third-order valence-corrected chi connectivity index (χ3v) is 0.258. The summed E-state index contributed by atoms with van der Waals surface area (Å²) in [6.07, 6.45) is 2.32. The van der Waals surface area contributed by atoms with E-state index in [0.29, 0.717) is 0 Å². The van der Waals surface area contributed by atoms with E-state index in [2.05, 4.69) is 4.99 Å². The molecule has 0 spiro atoms. The van der Waals surface area contributed by atoms with E-state index in [9.17, 15) is 13.2 Å². The van der Waals surface area contributed by atoms with E-state index in [1.807, 2.05) is 0 Å². The molecule has 0 atom stereocenters. The average molecular weight is 225 g/mol. The minimum Gasteiger partial charge on any atom is -0.370 e. The van der Waals surface area contributed by atoms with Gasteiger partial charge in [0.1, 0.15) is 15.6 Å². The molecule has 0 radical (unpaired) electrons. The Morgan fingerprint density at radius 3 is 1.21 bits per heavy atom. The molecular weight excluding hydrogens is 206 g/mol. The van der Waals surface area contributed by atoms with Crippen LogP contribution in [0.4, 0.5) is 0 Å². The lowest BCUT2D eigenvalue weighted by molar-refractivity contribution is -0.114. The van der Waals surface area contributed by atoms with Crippen molar-refractivity contribution in [1.29, 1.82) is 0 Å². The van der Waals surface area contributed by atoms with E-state index < -0.39 is 9.84 Å². The fourth-order valence-corrected chi connectivity index (χ4v) is 0. The fraction of sp³-hybridized carbons (Fsp3) is 0.714. The largest absolute Gasteiger partial charge is 0.370 e. The second kappa shape index (κ2) is 9.97. The van der Waals surface area contributed by atoms with Gasteiger partial charge in [0.2, 0.25) is 0 Å². The molecule has 6 nitrogen and oxygen atoms in total. The number of ketones is 1. The minimum atomic E-state index is -2.67. The molecule has 0 aromatic rings. The maximum atomic E-state index is 9.63. The number of carbonyl (C=O) groups excluding carboxylic acids is 1. The number of guanidine groups is 1. The smallest absolute Gasteiger partial charge is 0.185 e. The molecule has 0 heterocycles. The van der Waals surface area contributed by atoms with Gasteiger partial charge in [0.15, 0.2) is 5.96 Å². The quantitative estimate of drug-likeness (QED) is 0.411. The highest BCUT2D eigenvalue weighted by molar-refractivity contribution is 7.89. The number of aliphatic imine (C=N–C) groups is 1. The van der Waals surface area contributed by atoms with Crippen molar-refractivity contribution in [1.82, 2.24) is 0 Å². The second-order valence-electron chi connectivity index (χ2n) is 2.70. The molecule has 0 aliphatic heterocycles. The Morgan fingerprint density at radius 1 is 1.14 bits per heavy atom. The van der Waals surface area contributed by atoms with E-state index in [4.69, 9.17) is 11.5 Å². The number of nitrogens with zero attached hydrogens (tertiary/aromatic N) is 1. The summed E-state index contributed by atoms with van der Waals surface area (Å²) < 4.78 is 19.3. The summed E-state index contributed by atoms with van der Waals surface area (Å²) >= 11 is 0. The Morgan fingerprint density at radius 2 is 1.21 bits per heavy atom. The zero-order valence-electron chi connectivity index (χ0n) is 9.23. The van der Waals surface area contributed by atoms with Crippen LogP contribution in [0.5, 0.6) is 0 Å². The third-order valence-electron chi connectivity index (χ3n) is 0.258. The monoisotopic (exact) mass is 225 g/mol. The van der Waals surface area contributed by atoms with Gasteiger partial charge in [-0.25, -0.2) is 8.42 Å². The third kappa shape index (κ3) is 1340. The summed E-state index contributed by atoms with van der Waals surface area (Å²) in [5.74, 6) is 0.296. The number of Topliss-reactive ketones (excluding diaryl/α,β-unsaturated/α-hetero) is 1. The molecule has 0 aromatic carbocycles. The highest BCUT2D eigenvalue weighted by atomic mass is 32.2. The van der Waals surface area contributed by atoms with E-state index in [0.717, 1.165) is 12.5 Å². The van der Waals surface area contributed by atoms with Crippen LogP contribution in [0, 0.1) is 0 Å². The topological polar surface area (TPSA) is 116 Å². The van der Waals surface area contributed by atoms with Crippen LogP contribution in [-0.2, 0) is 14.6 Å². The molecule has 14 heavy (non-hydrogen) atoms. The first kappa shape index (κ1) is 18.6. The molecule has 0 rings (SSSR count). The first-order chi connectivity index (χ1) is 6.00. The van der Waals surface area contributed by atoms with Crippen molar-refractivity contribution in [3.63, 3.8) is 0 Å². The zero-order chi connectivity index (χ0) is 12.4. The van der Waals surface area contributed by atoms with Gasteiger partial charge in [-0.1, -0.05) is 0 Å². The number of hydrogen-bond donors (Lipinski definition) is 2. The molecule has 0 unspecified atom stereocenters. The molecule has 0 aromatic heterocycles. The lowest BCUT2D eigenvalue weighted by Crippen LogP contribution is -2.21. The highest BCUT2D eigenvalue weighted by Gasteiger charge is 1.79. The Labute approximate surface area is 85.3 Å². The Kier molecular flexibility index (Phi) is 13.3. The van der Waals surface area contributed by atoms with Gasteiger partial charge in [0.25, 0.3) is 0 Å². The molecule has 0 saturated heterocycles. The van der Waals surface area contributed by atoms with E-state index in [1.165, 1.54) is 20.9 Å². The zero-order valence-corrected chi connectivity index (χ0v) is 10.1. The predicted molar refractivity (Wildman–Crippen MR) is 58.9 cm³/mol. The van der Waals surface area contributed by atoms with E-state index in [-0.39, 0.29) is 11.7 Å². The van der Waals surface area contributed by atoms with Crippen molar-refractivity contribution < 1.29 is 13.2 Å². The molecule has 0 fully saturated rings. The summed E-state index contributed by atoms with van der Waals surface area (Å²) in [4.78, 5) is 12.8. The molecule has 0 saturated carbocycles. The van der Waals surface area contributed by atoms with Gasteiger partial charge in [-0.3, -0.25) is 4.99 Å². The number of rotatable bonds is 0. The van der Waals surface area contributed by atoms with Crippen LogP contribution in [0.2, 0.25) is 0 Å². The normalized spacial score (nSPS) is 8.36. The van der Waals surface area contributed by atoms with Gasteiger partial charge in [-0.05, 0) is 13.8 Å². The van der Waals surface area contributed by atoms with Gasteiger partial charge in [0, 0.05) is 19.6 Å². The standard InChI is InChI=1S/C3H6O.C2H7N3.C2H6O2S/c1-3(2)4;1-5-2(3)4;1-5(2,3)4/h1-2H3;1H3,(H4,3,4,5);1-2H3. The first-order valence-electron chi connectivity index (χ1n) is 3.60. The van der Waals surface area contributed by atoms with E-state index >= 15 is 0 Å². The van der Waals surface area contributed by atoms with Crippen LogP contribution < -0.4 is 11.5 Å². The average Bonchev–Trinajstić information content (AvgIpc) is 1.82. The predicted octanol–water partition coefficient (Wildman–Crippen LogP) is -0.854. The minimum absolute atomic E-state index is 0.130. The molecule has 86 valence electrons. The van der Waals surface area contributed by atoms with Crippen molar-refractivity contribution >= 4 is 21.6 Å². The first-order valence-corrected chi connectivity index (χ1v) is 5.90. The lowest BCUT2D eigenvalue weighted by Gasteiger charge is -1.77. The molecule has 0 aliphatic carbocycles. The van der Waals surface area contributed by atoms with Crippen LogP contribution in [0.3, 0.4) is 0 Å². The van der Waals surface area contributed by atoms with E-state index in [1.54, 1.807) is 0 Å². The van der Waals surface area contributed by atoms with Crippen molar-refractivity contribution in [2.75, 3.05) is 19.6 Å². The molecule has 0 bridgehead atoms. The SMILES string of the molecule is CC(C)=O.CN=C(N)N.CS(C)(=O)=O. The summed E-state index contributed by atoms with van der Waals surface area (Å²) in [5.41, 5.74) is 9.64. The van der Waals surface area contributed by atoms with Crippen LogP contribution in [0.1, 0.15) is 13.8 Å². The van der Waals surface area contributed by atoms with Crippen molar-refractivity contribution in [2.24, 2.45) is 16.5 Å². The summed E-state index contributed by atoms with van der Waals surface area (Å²) in [6.45, 7) is 3.06. The molecular formula is C7H19N3O3S. The van der Waals surface area contributed by atoms with Crippen molar-refractivity contribution in [2.45, 2.75) is 13.8 Å². The number of carbonyl (C=O) groups is 1. The summed E-state index contributed by atoms with van der Waals surface area (Å²) in [6, 6.07) is 0. The molecule has 7 heteroatoms. The Hall–Kier alpha value is -1.11. The molecule has 0 amide bonds. The van der Waals surface area contributed by atoms with Crippen LogP contribution in [-0.4, -0.2) is 39.7 Å². The second-order valence-corrected chi connectivity index (χ2v) is 4.99. The van der Waals surface area contributed by atoms with Gasteiger partial charge in [0.05, 0.1) is 0 Å². The van der Waals surface area contributed by atoms with Gasteiger partial charge < -0.3 is 16.3 Å². The Balaban J connectivity index is -0.000000131. The number of hydrogen-bond acceptors (Lipinski definition) is 4. The molecule has 4 N–H and O–H groups in total. The molecule has 0 aliphatic rings. The van der Waals surface area contributed by atoms with Gasteiger partial charge in [-0.2, -0.15) is 0 Å². The highest BCUT2D eigenvalue weighted by Crippen LogP contribution is 1.61. The van der Waals surface area contributed by atoms with Gasteiger partial charge >= 0.3 is 0 Å². The van der Waals surface area contributed by atoms with Crippen molar-refractivity contribution in [3.8, 4) is 0 Å². The van der Waals surface area contributed by atoms with Gasteiger partial charge in [-0.15, -0.1) is 0 Å². The maximum Gasteiger partial charge on any atom is 0.185 e. The van der Waals surface area contributed by atoms with Crippen molar-refractivity contribution in [3.05, 3.63) is 0 Å².